The van der Waals surface area contributed by atoms with Crippen molar-refractivity contribution in [3.05, 3.63) is 34.6 Å². The van der Waals surface area contributed by atoms with Crippen LogP contribution in [0.3, 0.4) is 0 Å². The van der Waals surface area contributed by atoms with Gasteiger partial charge in [-0.05, 0) is 24.6 Å². The minimum Gasteiger partial charge on any atom is -0.352 e. The standard InChI is InChI=1S/C10H12ClFN2O3S/c11-8-6-7(2-3-9(8)12)10(15)14-4-1-5-18(13,16)17/h2-3,6H,1,4-5H2,(H,14,15)(H2,13,16,17). The number of carbonyl (C=O) groups is 1. The van der Waals surface area contributed by atoms with E-state index in [4.69, 9.17) is 16.7 Å². The summed E-state index contributed by atoms with van der Waals surface area (Å²) in [5.41, 5.74) is 0.206. The van der Waals surface area contributed by atoms with Crippen molar-refractivity contribution in [3.8, 4) is 0 Å². The summed E-state index contributed by atoms with van der Waals surface area (Å²) in [7, 11) is -3.52. The molecule has 0 bridgehead atoms. The molecule has 0 aliphatic carbocycles. The Labute approximate surface area is 109 Å². The normalized spacial score (nSPS) is 11.3. The fraction of sp³-hybridized carbons (Fsp3) is 0.300. The van der Waals surface area contributed by atoms with Gasteiger partial charge < -0.3 is 5.32 Å². The van der Waals surface area contributed by atoms with Crippen LogP contribution < -0.4 is 10.5 Å². The van der Waals surface area contributed by atoms with Crippen LogP contribution in [-0.2, 0) is 10.0 Å². The number of hydrogen-bond donors (Lipinski definition) is 2. The molecule has 0 heterocycles. The fourth-order valence-electron chi connectivity index (χ4n) is 1.21. The lowest BCUT2D eigenvalue weighted by molar-refractivity contribution is 0.0953. The van der Waals surface area contributed by atoms with Crippen LogP contribution in [0.5, 0.6) is 0 Å². The van der Waals surface area contributed by atoms with Crippen LogP contribution in [0.15, 0.2) is 18.2 Å². The average Bonchev–Trinajstić information content (AvgIpc) is 2.26. The molecule has 1 amide bonds. The van der Waals surface area contributed by atoms with Gasteiger partial charge in [-0.2, -0.15) is 0 Å². The van der Waals surface area contributed by atoms with Crippen molar-refractivity contribution in [1.82, 2.24) is 5.32 Å². The van der Waals surface area contributed by atoms with E-state index in [1.807, 2.05) is 0 Å². The molecule has 0 aliphatic heterocycles. The number of primary sulfonamides is 1. The van der Waals surface area contributed by atoms with Crippen LogP contribution in [0.4, 0.5) is 4.39 Å². The van der Waals surface area contributed by atoms with E-state index in [-0.39, 0.29) is 29.3 Å². The van der Waals surface area contributed by atoms with Crippen LogP contribution in [0.25, 0.3) is 0 Å². The molecule has 5 nitrogen and oxygen atoms in total. The molecule has 0 aromatic heterocycles. The van der Waals surface area contributed by atoms with Gasteiger partial charge >= 0.3 is 0 Å². The van der Waals surface area contributed by atoms with E-state index in [1.165, 1.54) is 12.1 Å². The molecular formula is C10H12ClFN2O3S. The first-order chi connectivity index (χ1) is 8.29. The van der Waals surface area contributed by atoms with Crippen LogP contribution in [0.1, 0.15) is 16.8 Å². The van der Waals surface area contributed by atoms with Gasteiger partial charge in [-0.3, -0.25) is 4.79 Å². The van der Waals surface area contributed by atoms with Gasteiger partial charge in [0.25, 0.3) is 5.91 Å². The molecule has 0 fully saturated rings. The maximum absolute atomic E-state index is 12.9. The molecule has 0 aliphatic rings. The second-order valence-corrected chi connectivity index (χ2v) is 5.75. The lowest BCUT2D eigenvalue weighted by atomic mass is 10.2. The zero-order chi connectivity index (χ0) is 13.8. The molecule has 0 radical (unpaired) electrons. The highest BCUT2D eigenvalue weighted by Crippen LogP contribution is 2.15. The van der Waals surface area contributed by atoms with Crippen molar-refractivity contribution in [2.75, 3.05) is 12.3 Å². The quantitative estimate of drug-likeness (QED) is 0.790. The molecule has 18 heavy (non-hydrogen) atoms. The smallest absolute Gasteiger partial charge is 0.251 e. The number of halogens is 2. The number of benzene rings is 1. The SMILES string of the molecule is NS(=O)(=O)CCCNC(=O)c1ccc(F)c(Cl)c1. The van der Waals surface area contributed by atoms with E-state index < -0.39 is 21.7 Å². The number of sulfonamides is 1. The third-order valence-corrected chi connectivity index (χ3v) is 3.22. The minimum absolute atomic E-state index is 0.146. The predicted molar refractivity (Wildman–Crippen MR) is 66.3 cm³/mol. The molecule has 1 aromatic carbocycles. The van der Waals surface area contributed by atoms with E-state index in [1.54, 1.807) is 0 Å². The van der Waals surface area contributed by atoms with E-state index >= 15 is 0 Å². The zero-order valence-electron chi connectivity index (χ0n) is 9.32. The van der Waals surface area contributed by atoms with E-state index in [2.05, 4.69) is 5.32 Å². The summed E-state index contributed by atoms with van der Waals surface area (Å²) in [6.45, 7) is 0.157. The summed E-state index contributed by atoms with van der Waals surface area (Å²) in [4.78, 5) is 11.6. The molecule has 1 rings (SSSR count). The van der Waals surface area contributed by atoms with Crippen molar-refractivity contribution >= 4 is 27.5 Å². The van der Waals surface area contributed by atoms with E-state index in [9.17, 15) is 17.6 Å². The summed E-state index contributed by atoms with van der Waals surface area (Å²) in [6.07, 6.45) is 0.208. The van der Waals surface area contributed by atoms with Crippen molar-refractivity contribution < 1.29 is 17.6 Å². The van der Waals surface area contributed by atoms with Gasteiger partial charge in [0.1, 0.15) is 5.82 Å². The van der Waals surface area contributed by atoms with Gasteiger partial charge in [-0.15, -0.1) is 0 Å². The molecule has 1 aromatic rings. The summed E-state index contributed by atoms with van der Waals surface area (Å²) < 4.78 is 34.1. The summed E-state index contributed by atoms with van der Waals surface area (Å²) in [6, 6.07) is 3.57. The second-order valence-electron chi connectivity index (χ2n) is 3.61. The highest BCUT2D eigenvalue weighted by Gasteiger charge is 2.08. The fourth-order valence-corrected chi connectivity index (χ4v) is 1.94. The Bertz CT molecular complexity index is 548. The van der Waals surface area contributed by atoms with Gasteiger partial charge in [-0.25, -0.2) is 17.9 Å². The van der Waals surface area contributed by atoms with Crippen LogP contribution in [0, 0.1) is 5.82 Å². The first-order valence-electron chi connectivity index (χ1n) is 5.03. The summed E-state index contributed by atoms with van der Waals surface area (Å²) in [5.74, 6) is -1.27. The van der Waals surface area contributed by atoms with Crippen molar-refractivity contribution in [1.29, 1.82) is 0 Å². The number of nitrogens with one attached hydrogen (secondary N) is 1. The number of nitrogens with two attached hydrogens (primary N) is 1. The van der Waals surface area contributed by atoms with E-state index in [0.717, 1.165) is 6.07 Å². The number of hydrogen-bond acceptors (Lipinski definition) is 3. The van der Waals surface area contributed by atoms with Crippen LogP contribution >= 0.6 is 11.6 Å². The molecule has 3 N–H and O–H groups in total. The molecule has 0 spiro atoms. The Morgan fingerprint density at radius 1 is 1.44 bits per heavy atom. The van der Waals surface area contributed by atoms with Crippen molar-refractivity contribution in [3.63, 3.8) is 0 Å². The molecule has 0 saturated heterocycles. The Kier molecular flexibility index (Phi) is 5.06. The largest absolute Gasteiger partial charge is 0.352 e. The van der Waals surface area contributed by atoms with E-state index in [0.29, 0.717) is 0 Å². The van der Waals surface area contributed by atoms with Gasteiger partial charge in [-0.1, -0.05) is 11.6 Å². The highest BCUT2D eigenvalue weighted by atomic mass is 35.5. The predicted octanol–water partition coefficient (Wildman–Crippen LogP) is 0.888. The van der Waals surface area contributed by atoms with Gasteiger partial charge in [0.2, 0.25) is 10.0 Å². The Hall–Kier alpha value is -1.18. The molecule has 8 heteroatoms. The van der Waals surface area contributed by atoms with Gasteiger partial charge in [0.15, 0.2) is 0 Å². The van der Waals surface area contributed by atoms with Gasteiger partial charge in [0.05, 0.1) is 10.8 Å². The summed E-state index contributed by atoms with van der Waals surface area (Å²) in [5, 5.41) is 7.13. The average molecular weight is 295 g/mol. The molecule has 100 valence electrons. The Morgan fingerprint density at radius 3 is 2.67 bits per heavy atom. The molecule has 0 unspecified atom stereocenters. The second kappa shape index (κ2) is 6.12. The third kappa shape index (κ3) is 4.99. The van der Waals surface area contributed by atoms with Crippen LogP contribution in [0.2, 0.25) is 5.02 Å². The Morgan fingerprint density at radius 2 is 2.11 bits per heavy atom. The van der Waals surface area contributed by atoms with Crippen molar-refractivity contribution in [2.45, 2.75) is 6.42 Å². The molecular weight excluding hydrogens is 283 g/mol. The number of carbonyl (C=O) groups excluding carboxylic acids is 1. The lowest BCUT2D eigenvalue weighted by Crippen LogP contribution is -2.27. The summed E-state index contributed by atoms with van der Waals surface area (Å²) >= 11 is 5.53. The maximum atomic E-state index is 12.9. The first-order valence-corrected chi connectivity index (χ1v) is 7.12. The topological polar surface area (TPSA) is 89.3 Å². The molecule has 0 saturated carbocycles. The van der Waals surface area contributed by atoms with Gasteiger partial charge in [0, 0.05) is 12.1 Å². The maximum Gasteiger partial charge on any atom is 0.251 e. The minimum atomic E-state index is -3.52. The Balaban J connectivity index is 2.48. The van der Waals surface area contributed by atoms with Crippen molar-refractivity contribution in [2.24, 2.45) is 5.14 Å². The number of rotatable bonds is 5. The monoisotopic (exact) mass is 294 g/mol. The third-order valence-electron chi connectivity index (χ3n) is 2.07. The highest BCUT2D eigenvalue weighted by molar-refractivity contribution is 7.89. The van der Waals surface area contributed by atoms with Crippen LogP contribution in [-0.4, -0.2) is 26.6 Å². The zero-order valence-corrected chi connectivity index (χ0v) is 10.9. The first kappa shape index (κ1) is 14.9. The number of amides is 1. The molecule has 0 atom stereocenters. The lowest BCUT2D eigenvalue weighted by Gasteiger charge is -2.05.